The van der Waals surface area contributed by atoms with Gasteiger partial charge in [0.15, 0.2) is 0 Å². The molecule has 3 nitrogen and oxygen atoms in total. The van der Waals surface area contributed by atoms with Crippen molar-refractivity contribution in [3.05, 3.63) is 40.8 Å². The van der Waals surface area contributed by atoms with Crippen molar-refractivity contribution >= 4 is 40.7 Å². The van der Waals surface area contributed by atoms with Gasteiger partial charge in [0.1, 0.15) is 10.2 Å². The van der Waals surface area contributed by atoms with Gasteiger partial charge in [0, 0.05) is 10.6 Å². The Balaban J connectivity index is 2.23. The van der Waals surface area contributed by atoms with E-state index in [2.05, 4.69) is 9.97 Å². The number of anilines is 1. The van der Waals surface area contributed by atoms with Gasteiger partial charge in [0.05, 0.1) is 17.4 Å². The van der Waals surface area contributed by atoms with Crippen LogP contribution in [-0.2, 0) is 0 Å². The Labute approximate surface area is 107 Å². The number of rotatable bonds is 2. The molecule has 2 aromatic rings. The summed E-state index contributed by atoms with van der Waals surface area (Å²) >= 11 is 13.1. The first-order valence-corrected chi connectivity index (χ1v) is 5.93. The van der Waals surface area contributed by atoms with Crippen LogP contribution in [0.15, 0.2) is 40.5 Å². The minimum Gasteiger partial charge on any atom is -0.399 e. The van der Waals surface area contributed by atoms with E-state index in [1.165, 1.54) is 18.0 Å². The summed E-state index contributed by atoms with van der Waals surface area (Å²) in [6, 6.07) is 5.34. The molecule has 0 atom stereocenters. The maximum Gasteiger partial charge on any atom is 0.147 e. The molecule has 0 radical (unpaired) electrons. The molecule has 1 heterocycles. The normalized spacial score (nSPS) is 10.4. The van der Waals surface area contributed by atoms with Gasteiger partial charge >= 0.3 is 0 Å². The van der Waals surface area contributed by atoms with Crippen LogP contribution >= 0.6 is 35.0 Å². The fraction of sp³-hybridized carbons (Fsp3) is 0. The van der Waals surface area contributed by atoms with E-state index < -0.39 is 0 Å². The Morgan fingerprint density at radius 2 is 1.94 bits per heavy atom. The average Bonchev–Trinajstić information content (AvgIpc) is 2.25. The monoisotopic (exact) mass is 271 g/mol. The van der Waals surface area contributed by atoms with Crippen LogP contribution in [0.25, 0.3) is 0 Å². The molecule has 0 aliphatic rings. The molecule has 0 aliphatic heterocycles. The van der Waals surface area contributed by atoms with Crippen LogP contribution in [-0.4, -0.2) is 9.97 Å². The Hall–Kier alpha value is -0.970. The number of nitrogens with zero attached hydrogens (tertiary/aromatic N) is 2. The number of nitrogen functional groups attached to an aromatic ring is 1. The summed E-state index contributed by atoms with van der Waals surface area (Å²) in [6.07, 6.45) is 3.09. The number of hydrogen-bond acceptors (Lipinski definition) is 4. The van der Waals surface area contributed by atoms with Gasteiger partial charge in [-0.15, -0.1) is 0 Å². The standard InChI is InChI=1S/C10H7Cl2N3S/c11-7-3-6(13)1-2-8(7)16-10-5-14-9(12)4-15-10/h1-5H,13H2. The summed E-state index contributed by atoms with van der Waals surface area (Å²) in [7, 11) is 0. The molecule has 1 aromatic heterocycles. The molecule has 2 rings (SSSR count). The third kappa shape index (κ3) is 2.78. The van der Waals surface area contributed by atoms with Crippen LogP contribution in [0.2, 0.25) is 10.2 Å². The van der Waals surface area contributed by atoms with E-state index in [4.69, 9.17) is 28.9 Å². The third-order valence-electron chi connectivity index (χ3n) is 1.77. The lowest BCUT2D eigenvalue weighted by Gasteiger charge is -2.03. The van der Waals surface area contributed by atoms with Gasteiger partial charge in [-0.3, -0.25) is 0 Å². The molecule has 0 unspecified atom stereocenters. The third-order valence-corrected chi connectivity index (χ3v) is 3.38. The van der Waals surface area contributed by atoms with E-state index in [0.29, 0.717) is 15.9 Å². The Bertz CT molecular complexity index is 502. The number of aromatic nitrogens is 2. The van der Waals surface area contributed by atoms with E-state index in [-0.39, 0.29) is 0 Å². The van der Waals surface area contributed by atoms with E-state index >= 15 is 0 Å². The molecule has 82 valence electrons. The van der Waals surface area contributed by atoms with E-state index in [1.807, 2.05) is 6.07 Å². The van der Waals surface area contributed by atoms with Gasteiger partial charge in [-0.1, -0.05) is 35.0 Å². The first-order valence-electron chi connectivity index (χ1n) is 4.35. The van der Waals surface area contributed by atoms with Crippen molar-refractivity contribution in [1.29, 1.82) is 0 Å². The van der Waals surface area contributed by atoms with Crippen molar-refractivity contribution in [1.82, 2.24) is 9.97 Å². The van der Waals surface area contributed by atoms with E-state index in [0.717, 1.165) is 9.92 Å². The average molecular weight is 272 g/mol. The molecule has 0 aliphatic carbocycles. The van der Waals surface area contributed by atoms with Gasteiger partial charge < -0.3 is 5.73 Å². The van der Waals surface area contributed by atoms with Crippen molar-refractivity contribution in [3.8, 4) is 0 Å². The molecule has 0 saturated heterocycles. The lowest BCUT2D eigenvalue weighted by molar-refractivity contribution is 1.06. The maximum absolute atomic E-state index is 6.04. The van der Waals surface area contributed by atoms with Crippen molar-refractivity contribution < 1.29 is 0 Å². The molecule has 0 saturated carbocycles. The summed E-state index contributed by atoms with van der Waals surface area (Å²) in [4.78, 5) is 8.93. The minimum atomic E-state index is 0.368. The van der Waals surface area contributed by atoms with Crippen LogP contribution < -0.4 is 5.73 Å². The van der Waals surface area contributed by atoms with E-state index in [1.54, 1.807) is 18.3 Å². The second-order valence-electron chi connectivity index (χ2n) is 2.97. The fourth-order valence-electron chi connectivity index (χ4n) is 1.07. The SMILES string of the molecule is Nc1ccc(Sc2cnc(Cl)cn2)c(Cl)c1. The highest BCUT2D eigenvalue weighted by molar-refractivity contribution is 7.99. The first kappa shape index (κ1) is 11.5. The summed E-state index contributed by atoms with van der Waals surface area (Å²) in [5.41, 5.74) is 6.24. The molecule has 2 N–H and O–H groups in total. The van der Waals surface area contributed by atoms with Crippen LogP contribution in [0.5, 0.6) is 0 Å². The van der Waals surface area contributed by atoms with E-state index in [9.17, 15) is 0 Å². The van der Waals surface area contributed by atoms with Crippen LogP contribution in [0, 0.1) is 0 Å². The van der Waals surface area contributed by atoms with Crippen molar-refractivity contribution in [2.24, 2.45) is 0 Å². The van der Waals surface area contributed by atoms with Crippen molar-refractivity contribution in [2.75, 3.05) is 5.73 Å². The van der Waals surface area contributed by atoms with Gasteiger partial charge in [0.2, 0.25) is 0 Å². The van der Waals surface area contributed by atoms with Gasteiger partial charge in [-0.2, -0.15) is 0 Å². The highest BCUT2D eigenvalue weighted by Crippen LogP contribution is 2.33. The summed E-state index contributed by atoms with van der Waals surface area (Å²) < 4.78 is 0. The highest BCUT2D eigenvalue weighted by atomic mass is 35.5. The Morgan fingerprint density at radius 1 is 1.12 bits per heavy atom. The van der Waals surface area contributed by atoms with Crippen LogP contribution in [0.1, 0.15) is 0 Å². The zero-order valence-corrected chi connectivity index (χ0v) is 10.4. The van der Waals surface area contributed by atoms with Crippen molar-refractivity contribution in [2.45, 2.75) is 9.92 Å². The summed E-state index contributed by atoms with van der Waals surface area (Å²) in [5, 5.41) is 1.70. The zero-order chi connectivity index (χ0) is 11.5. The lowest BCUT2D eigenvalue weighted by atomic mass is 10.3. The molecule has 0 amide bonds. The molecule has 0 fully saturated rings. The number of hydrogen-bond donors (Lipinski definition) is 1. The molecule has 1 aromatic carbocycles. The van der Waals surface area contributed by atoms with Gasteiger partial charge in [-0.05, 0) is 18.2 Å². The number of benzene rings is 1. The second kappa shape index (κ2) is 4.91. The first-order chi connectivity index (χ1) is 7.65. The summed E-state index contributed by atoms with van der Waals surface area (Å²) in [5.74, 6) is 0. The molecule has 6 heteroatoms. The lowest BCUT2D eigenvalue weighted by Crippen LogP contribution is -1.86. The number of halogens is 2. The zero-order valence-electron chi connectivity index (χ0n) is 8.02. The number of nitrogens with two attached hydrogens (primary N) is 1. The molecular formula is C10H7Cl2N3S. The topological polar surface area (TPSA) is 51.8 Å². The molecular weight excluding hydrogens is 265 g/mol. The van der Waals surface area contributed by atoms with Crippen LogP contribution in [0.3, 0.4) is 0 Å². The second-order valence-corrected chi connectivity index (χ2v) is 4.83. The molecule has 16 heavy (non-hydrogen) atoms. The molecule has 0 bridgehead atoms. The largest absolute Gasteiger partial charge is 0.399 e. The quantitative estimate of drug-likeness (QED) is 0.850. The minimum absolute atomic E-state index is 0.368. The van der Waals surface area contributed by atoms with Gasteiger partial charge in [0.25, 0.3) is 0 Å². The Kier molecular flexibility index (Phi) is 3.53. The Morgan fingerprint density at radius 3 is 2.56 bits per heavy atom. The predicted octanol–water partition coefficient (Wildman–Crippen LogP) is 3.52. The van der Waals surface area contributed by atoms with Crippen molar-refractivity contribution in [3.63, 3.8) is 0 Å². The highest BCUT2D eigenvalue weighted by Gasteiger charge is 2.04. The molecule has 0 spiro atoms. The van der Waals surface area contributed by atoms with Crippen LogP contribution in [0.4, 0.5) is 5.69 Å². The predicted molar refractivity (Wildman–Crippen MR) is 67.0 cm³/mol. The van der Waals surface area contributed by atoms with Gasteiger partial charge in [-0.25, -0.2) is 9.97 Å². The fourth-order valence-corrected chi connectivity index (χ4v) is 2.20. The maximum atomic E-state index is 6.04. The summed E-state index contributed by atoms with van der Waals surface area (Å²) in [6.45, 7) is 0. The smallest absolute Gasteiger partial charge is 0.147 e.